The summed E-state index contributed by atoms with van der Waals surface area (Å²) < 4.78 is 24.1. The molecule has 0 radical (unpaired) electrons. The van der Waals surface area contributed by atoms with E-state index in [0.29, 0.717) is 6.42 Å². The van der Waals surface area contributed by atoms with E-state index in [1.165, 1.54) is 19.4 Å². The lowest BCUT2D eigenvalue weighted by atomic mass is 9.53. The van der Waals surface area contributed by atoms with Crippen LogP contribution in [0.4, 0.5) is 0 Å². The molecule has 0 amide bonds. The molecular formula is C19H26O6. The second-order valence-electron chi connectivity index (χ2n) is 8.48. The SMILES string of the molecule is CC(=O)OCC12OC34C=C(C)CCC3(C)C1(C)CC(OC(C)=O)C2O4. The fourth-order valence-corrected chi connectivity index (χ4v) is 5.75. The zero-order chi connectivity index (χ0) is 18.3. The zero-order valence-corrected chi connectivity index (χ0v) is 15.5. The van der Waals surface area contributed by atoms with Crippen LogP contribution in [-0.2, 0) is 28.5 Å². The molecule has 2 heterocycles. The Labute approximate surface area is 147 Å². The summed E-state index contributed by atoms with van der Waals surface area (Å²) in [6.07, 6.45) is 3.80. The molecule has 1 spiro atoms. The Bertz CT molecular complexity index is 685. The number of allylic oxidation sites excluding steroid dienone is 1. The topological polar surface area (TPSA) is 71.1 Å². The van der Waals surface area contributed by atoms with Crippen molar-refractivity contribution in [1.29, 1.82) is 0 Å². The molecule has 6 heteroatoms. The van der Waals surface area contributed by atoms with Crippen molar-refractivity contribution >= 4 is 11.9 Å². The van der Waals surface area contributed by atoms with E-state index in [0.717, 1.165) is 12.8 Å². The van der Waals surface area contributed by atoms with Gasteiger partial charge in [0.1, 0.15) is 24.4 Å². The van der Waals surface area contributed by atoms with Gasteiger partial charge in [-0.25, -0.2) is 0 Å². The number of carbonyl (C=O) groups excluding carboxylic acids is 2. The van der Waals surface area contributed by atoms with E-state index >= 15 is 0 Å². The van der Waals surface area contributed by atoms with Crippen molar-refractivity contribution in [3.8, 4) is 0 Å². The third-order valence-electron chi connectivity index (χ3n) is 7.23. The first-order valence-electron chi connectivity index (χ1n) is 8.96. The van der Waals surface area contributed by atoms with Gasteiger partial charge in [-0.2, -0.15) is 0 Å². The van der Waals surface area contributed by atoms with Crippen molar-refractivity contribution in [2.24, 2.45) is 10.8 Å². The molecule has 1 saturated carbocycles. The van der Waals surface area contributed by atoms with Gasteiger partial charge in [0.05, 0.1) is 0 Å². The molecule has 6 atom stereocenters. The largest absolute Gasteiger partial charge is 0.463 e. The number of hydrogen-bond acceptors (Lipinski definition) is 6. The highest BCUT2D eigenvalue weighted by atomic mass is 16.8. The van der Waals surface area contributed by atoms with Crippen molar-refractivity contribution < 1.29 is 28.5 Å². The monoisotopic (exact) mass is 350 g/mol. The van der Waals surface area contributed by atoms with E-state index < -0.39 is 23.6 Å². The van der Waals surface area contributed by atoms with Crippen LogP contribution in [0.5, 0.6) is 0 Å². The molecule has 2 aliphatic carbocycles. The first kappa shape index (κ1) is 17.0. The van der Waals surface area contributed by atoms with Crippen molar-refractivity contribution in [1.82, 2.24) is 0 Å². The molecule has 25 heavy (non-hydrogen) atoms. The molecular weight excluding hydrogens is 324 g/mol. The molecule has 6 unspecified atom stereocenters. The summed E-state index contributed by atoms with van der Waals surface area (Å²) in [4.78, 5) is 23.1. The predicted octanol–water partition coefficient (Wildman–Crippen LogP) is 2.50. The van der Waals surface area contributed by atoms with Crippen molar-refractivity contribution in [2.75, 3.05) is 6.61 Å². The Morgan fingerprint density at radius 1 is 1.24 bits per heavy atom. The first-order chi connectivity index (χ1) is 11.6. The van der Waals surface area contributed by atoms with Crippen LogP contribution in [-0.4, -0.2) is 42.1 Å². The van der Waals surface area contributed by atoms with Crippen molar-refractivity contribution in [3.05, 3.63) is 11.6 Å². The summed E-state index contributed by atoms with van der Waals surface area (Å²) in [6, 6.07) is 0. The fraction of sp³-hybridized carbons (Fsp3) is 0.789. The van der Waals surface area contributed by atoms with Crippen LogP contribution in [0.25, 0.3) is 0 Å². The van der Waals surface area contributed by atoms with E-state index in [1.807, 2.05) is 0 Å². The molecule has 2 aliphatic heterocycles. The molecule has 0 aromatic heterocycles. The lowest BCUT2D eigenvalue weighted by Crippen LogP contribution is -2.61. The van der Waals surface area contributed by atoms with Gasteiger partial charge in [-0.05, 0) is 32.3 Å². The average molecular weight is 350 g/mol. The van der Waals surface area contributed by atoms with E-state index in [1.54, 1.807) is 0 Å². The fourth-order valence-electron chi connectivity index (χ4n) is 5.75. The number of fused-ring (bicyclic) bond motifs is 1. The minimum Gasteiger partial charge on any atom is -0.463 e. The molecule has 4 aliphatic rings. The van der Waals surface area contributed by atoms with Gasteiger partial charge < -0.3 is 18.9 Å². The number of rotatable bonds is 3. The molecule has 138 valence electrons. The Morgan fingerprint density at radius 3 is 2.60 bits per heavy atom. The maximum Gasteiger partial charge on any atom is 0.302 e. The van der Waals surface area contributed by atoms with E-state index in [2.05, 4.69) is 26.8 Å². The second-order valence-corrected chi connectivity index (χ2v) is 8.48. The third-order valence-corrected chi connectivity index (χ3v) is 7.23. The van der Waals surface area contributed by atoms with Gasteiger partial charge in [0.2, 0.25) is 0 Å². The Kier molecular flexibility index (Phi) is 3.31. The number of carbonyl (C=O) groups is 2. The summed E-state index contributed by atoms with van der Waals surface area (Å²) >= 11 is 0. The van der Waals surface area contributed by atoms with Crippen LogP contribution in [0.3, 0.4) is 0 Å². The Morgan fingerprint density at radius 2 is 1.96 bits per heavy atom. The highest BCUT2D eigenvalue weighted by Gasteiger charge is 2.87. The smallest absolute Gasteiger partial charge is 0.302 e. The van der Waals surface area contributed by atoms with Crippen LogP contribution < -0.4 is 0 Å². The highest BCUT2D eigenvalue weighted by Crippen LogP contribution is 2.77. The lowest BCUT2D eigenvalue weighted by molar-refractivity contribution is -0.206. The maximum absolute atomic E-state index is 11.6. The Hall–Kier alpha value is -1.40. The zero-order valence-electron chi connectivity index (χ0n) is 15.5. The van der Waals surface area contributed by atoms with Crippen LogP contribution in [0, 0.1) is 10.8 Å². The number of hydrogen-bond donors (Lipinski definition) is 0. The molecule has 6 nitrogen and oxygen atoms in total. The standard InChI is InChI=1S/C19H26O6/c1-11-6-7-16(4)17(5)9-14(23-13(3)21)15-18(17,10-22-12(2)20)25-19(16,8-11)24-15/h8,14-15H,6-7,9-10H2,1-5H3. The quantitative estimate of drug-likeness (QED) is 0.575. The second kappa shape index (κ2) is 4.86. The summed E-state index contributed by atoms with van der Waals surface area (Å²) in [6.45, 7) is 9.36. The van der Waals surface area contributed by atoms with Gasteiger partial charge in [0, 0.05) is 24.7 Å². The van der Waals surface area contributed by atoms with E-state index in [9.17, 15) is 9.59 Å². The molecule has 3 fully saturated rings. The molecule has 0 aromatic carbocycles. The third kappa shape index (κ3) is 1.82. The van der Waals surface area contributed by atoms with Gasteiger partial charge in [0.15, 0.2) is 5.79 Å². The summed E-state index contributed by atoms with van der Waals surface area (Å²) in [5, 5.41) is 0. The maximum atomic E-state index is 11.6. The van der Waals surface area contributed by atoms with Crippen molar-refractivity contribution in [2.45, 2.75) is 77.5 Å². The van der Waals surface area contributed by atoms with Gasteiger partial charge in [-0.3, -0.25) is 9.59 Å². The normalized spacial score (nSPS) is 49.6. The van der Waals surface area contributed by atoms with Crippen molar-refractivity contribution in [3.63, 3.8) is 0 Å². The minimum atomic E-state index is -0.843. The van der Waals surface area contributed by atoms with Crippen LogP contribution in [0.15, 0.2) is 11.6 Å². The van der Waals surface area contributed by atoms with Gasteiger partial charge >= 0.3 is 11.9 Å². The van der Waals surface area contributed by atoms with Gasteiger partial charge in [0.25, 0.3) is 0 Å². The molecule has 2 saturated heterocycles. The summed E-state index contributed by atoms with van der Waals surface area (Å²) in [5.41, 5.74) is -0.162. The molecule has 0 N–H and O–H groups in total. The van der Waals surface area contributed by atoms with E-state index in [4.69, 9.17) is 18.9 Å². The molecule has 4 rings (SSSR count). The van der Waals surface area contributed by atoms with Crippen LogP contribution in [0.2, 0.25) is 0 Å². The molecule has 2 bridgehead atoms. The first-order valence-corrected chi connectivity index (χ1v) is 8.96. The van der Waals surface area contributed by atoms with Crippen LogP contribution >= 0.6 is 0 Å². The number of esters is 2. The summed E-state index contributed by atoms with van der Waals surface area (Å²) in [5.74, 6) is -1.52. The number of ether oxygens (including phenoxy) is 4. The average Bonchev–Trinajstić information content (AvgIpc) is 2.97. The predicted molar refractivity (Wildman–Crippen MR) is 87.4 cm³/mol. The van der Waals surface area contributed by atoms with Gasteiger partial charge in [-0.15, -0.1) is 0 Å². The highest BCUT2D eigenvalue weighted by molar-refractivity contribution is 5.67. The Balaban J connectivity index is 1.83. The van der Waals surface area contributed by atoms with Crippen LogP contribution in [0.1, 0.15) is 53.9 Å². The summed E-state index contributed by atoms with van der Waals surface area (Å²) in [7, 11) is 0. The molecule has 0 aromatic rings. The van der Waals surface area contributed by atoms with E-state index in [-0.39, 0.29) is 29.4 Å². The lowest BCUT2D eigenvalue weighted by Gasteiger charge is -2.52. The van der Waals surface area contributed by atoms with Gasteiger partial charge in [-0.1, -0.05) is 19.4 Å². The minimum absolute atomic E-state index is 0.117.